The number of rotatable bonds is 5. The number of amides is 1. The lowest BCUT2D eigenvalue weighted by atomic mass is 10.2. The van der Waals surface area contributed by atoms with Crippen LogP contribution in [0.5, 0.6) is 0 Å². The van der Waals surface area contributed by atoms with Crippen LogP contribution in [-0.2, 0) is 4.79 Å². The summed E-state index contributed by atoms with van der Waals surface area (Å²) in [4.78, 5) is 20.6. The zero-order chi connectivity index (χ0) is 17.6. The number of nitrogens with one attached hydrogen (secondary N) is 2. The van der Waals surface area contributed by atoms with Gasteiger partial charge in [-0.2, -0.15) is 5.26 Å². The molecule has 1 aromatic carbocycles. The van der Waals surface area contributed by atoms with Crippen LogP contribution < -0.4 is 5.32 Å². The molecule has 0 saturated heterocycles. The number of aromatic amines is 1. The van der Waals surface area contributed by atoms with Crippen LogP contribution in [0.4, 0.5) is 5.69 Å². The van der Waals surface area contributed by atoms with Gasteiger partial charge in [-0.05, 0) is 43.3 Å². The normalized spacial score (nSPS) is 11.5. The molecular weight excluding hydrogens is 336 g/mol. The van der Waals surface area contributed by atoms with E-state index in [2.05, 4.69) is 25.5 Å². The van der Waals surface area contributed by atoms with E-state index >= 15 is 0 Å². The first-order valence-corrected chi connectivity index (χ1v) is 8.34. The first-order valence-electron chi connectivity index (χ1n) is 7.46. The molecule has 0 unspecified atom stereocenters. The highest BCUT2D eigenvalue weighted by atomic mass is 32.2. The largest absolute Gasteiger partial charge is 0.325 e. The zero-order valence-electron chi connectivity index (χ0n) is 13.3. The highest BCUT2D eigenvalue weighted by Gasteiger charge is 2.17. The van der Waals surface area contributed by atoms with Gasteiger partial charge < -0.3 is 5.32 Å². The van der Waals surface area contributed by atoms with Crippen LogP contribution in [0.15, 0.2) is 53.9 Å². The van der Waals surface area contributed by atoms with Gasteiger partial charge >= 0.3 is 0 Å². The summed E-state index contributed by atoms with van der Waals surface area (Å²) in [5.74, 6) is 0.467. The lowest BCUT2D eigenvalue weighted by Crippen LogP contribution is -2.22. The molecular formula is C17H14N6OS. The molecule has 0 aliphatic rings. The lowest BCUT2D eigenvalue weighted by molar-refractivity contribution is -0.115. The third-order valence-electron chi connectivity index (χ3n) is 3.35. The van der Waals surface area contributed by atoms with Gasteiger partial charge in [0.25, 0.3) is 0 Å². The minimum atomic E-state index is -0.378. The first-order chi connectivity index (χ1) is 12.2. The number of hydrogen-bond acceptors (Lipinski definition) is 6. The zero-order valence-corrected chi connectivity index (χ0v) is 14.1. The van der Waals surface area contributed by atoms with E-state index in [1.165, 1.54) is 11.8 Å². The quantitative estimate of drug-likeness (QED) is 0.685. The van der Waals surface area contributed by atoms with Crippen LogP contribution in [0.2, 0.25) is 0 Å². The average molecular weight is 350 g/mol. The van der Waals surface area contributed by atoms with E-state index in [-0.39, 0.29) is 11.2 Å². The Bertz CT molecular complexity index is 901. The van der Waals surface area contributed by atoms with Crippen molar-refractivity contribution < 1.29 is 4.79 Å². The van der Waals surface area contributed by atoms with Crippen molar-refractivity contribution in [2.45, 2.75) is 17.3 Å². The Morgan fingerprint density at radius 2 is 1.96 bits per heavy atom. The number of H-pyrrole nitrogens is 1. The molecule has 0 spiro atoms. The fourth-order valence-corrected chi connectivity index (χ4v) is 2.75. The van der Waals surface area contributed by atoms with Gasteiger partial charge in [-0.15, -0.1) is 5.10 Å². The molecule has 3 aromatic rings. The molecule has 2 aromatic heterocycles. The number of aromatic nitrogens is 4. The standard InChI is InChI=1S/C17H14N6OS/c1-11(16(24)20-14-4-2-12(10-18)3-5-14)25-17-21-15(22-23-17)13-6-8-19-9-7-13/h2-9,11H,1H3,(H,20,24)(H,21,22,23)/t11-/m1/s1. The molecule has 3 rings (SSSR count). The maximum Gasteiger partial charge on any atom is 0.237 e. The van der Waals surface area contributed by atoms with Gasteiger partial charge in [-0.25, -0.2) is 4.98 Å². The maximum absolute atomic E-state index is 12.3. The van der Waals surface area contributed by atoms with Crippen LogP contribution in [0.1, 0.15) is 12.5 Å². The molecule has 7 nitrogen and oxygen atoms in total. The minimum absolute atomic E-state index is 0.162. The van der Waals surface area contributed by atoms with Crippen LogP contribution >= 0.6 is 11.8 Å². The van der Waals surface area contributed by atoms with E-state index in [9.17, 15) is 4.79 Å². The van der Waals surface area contributed by atoms with Crippen molar-refractivity contribution in [2.24, 2.45) is 0 Å². The Labute approximate surface area is 148 Å². The highest BCUT2D eigenvalue weighted by molar-refractivity contribution is 8.00. The number of nitrogens with zero attached hydrogens (tertiary/aromatic N) is 4. The van der Waals surface area contributed by atoms with Gasteiger partial charge in [-0.1, -0.05) is 11.8 Å². The van der Waals surface area contributed by atoms with E-state index in [1.807, 2.05) is 18.2 Å². The number of thioether (sulfide) groups is 1. The number of pyridine rings is 1. The third-order valence-corrected chi connectivity index (χ3v) is 4.31. The fourth-order valence-electron chi connectivity index (χ4n) is 2.02. The van der Waals surface area contributed by atoms with Gasteiger partial charge in [-0.3, -0.25) is 14.9 Å². The summed E-state index contributed by atoms with van der Waals surface area (Å²) in [6.07, 6.45) is 3.36. The molecule has 25 heavy (non-hydrogen) atoms. The molecule has 1 amide bonds. The second kappa shape index (κ2) is 7.59. The number of carbonyl (C=O) groups is 1. The van der Waals surface area contributed by atoms with Gasteiger partial charge in [0.2, 0.25) is 11.1 Å². The van der Waals surface area contributed by atoms with Crippen LogP contribution in [0.25, 0.3) is 11.4 Å². The predicted octanol–water partition coefficient (Wildman–Crippen LogP) is 2.86. The topological polar surface area (TPSA) is 107 Å². The molecule has 124 valence electrons. The minimum Gasteiger partial charge on any atom is -0.325 e. The molecule has 2 N–H and O–H groups in total. The first kappa shape index (κ1) is 16.7. The summed E-state index contributed by atoms with van der Waals surface area (Å²) >= 11 is 1.26. The van der Waals surface area contributed by atoms with Crippen LogP contribution in [0.3, 0.4) is 0 Å². The lowest BCUT2D eigenvalue weighted by Gasteiger charge is -2.10. The molecule has 2 heterocycles. The Morgan fingerprint density at radius 1 is 1.24 bits per heavy atom. The van der Waals surface area contributed by atoms with Crippen molar-refractivity contribution in [1.29, 1.82) is 5.26 Å². The summed E-state index contributed by atoms with van der Waals surface area (Å²) in [6.45, 7) is 1.78. The van der Waals surface area contributed by atoms with E-state index in [4.69, 9.17) is 5.26 Å². The number of hydrogen-bond donors (Lipinski definition) is 2. The molecule has 0 aliphatic heterocycles. The van der Waals surface area contributed by atoms with E-state index in [0.29, 0.717) is 22.2 Å². The molecule has 8 heteroatoms. The third kappa shape index (κ3) is 4.22. The Hall–Kier alpha value is -3.18. The smallest absolute Gasteiger partial charge is 0.237 e. The van der Waals surface area contributed by atoms with E-state index in [1.54, 1.807) is 43.6 Å². The van der Waals surface area contributed by atoms with Crippen molar-refractivity contribution in [3.8, 4) is 17.5 Å². The summed E-state index contributed by atoms with van der Waals surface area (Å²) < 4.78 is 0. The predicted molar refractivity (Wildman–Crippen MR) is 94.7 cm³/mol. The summed E-state index contributed by atoms with van der Waals surface area (Å²) in [5.41, 5.74) is 2.07. The van der Waals surface area contributed by atoms with Gasteiger partial charge in [0, 0.05) is 23.6 Å². The average Bonchev–Trinajstić information content (AvgIpc) is 3.11. The van der Waals surface area contributed by atoms with Crippen molar-refractivity contribution in [1.82, 2.24) is 20.2 Å². The molecule has 0 saturated carbocycles. The Kier molecular flexibility index (Phi) is 5.06. The molecule has 1 atom stereocenters. The summed E-state index contributed by atoms with van der Waals surface area (Å²) in [5, 5.41) is 18.7. The second-order valence-corrected chi connectivity index (χ2v) is 6.45. The molecule has 0 radical (unpaired) electrons. The molecule has 0 bridgehead atoms. The second-order valence-electron chi connectivity index (χ2n) is 5.14. The molecule has 0 fully saturated rings. The van der Waals surface area contributed by atoms with Crippen molar-refractivity contribution in [2.75, 3.05) is 5.32 Å². The number of benzene rings is 1. The highest BCUT2D eigenvalue weighted by Crippen LogP contribution is 2.23. The Morgan fingerprint density at radius 3 is 2.64 bits per heavy atom. The maximum atomic E-state index is 12.3. The monoisotopic (exact) mass is 350 g/mol. The molecule has 0 aliphatic carbocycles. The number of nitriles is 1. The summed E-state index contributed by atoms with van der Waals surface area (Å²) in [7, 11) is 0. The van der Waals surface area contributed by atoms with Crippen LogP contribution in [0, 0.1) is 11.3 Å². The van der Waals surface area contributed by atoms with Crippen molar-refractivity contribution >= 4 is 23.4 Å². The van der Waals surface area contributed by atoms with E-state index < -0.39 is 0 Å². The van der Waals surface area contributed by atoms with Gasteiger partial charge in [0.1, 0.15) is 0 Å². The SMILES string of the molecule is C[C@@H](Sc1n[nH]c(-c2ccncc2)n1)C(=O)Nc1ccc(C#N)cc1. The number of carbonyl (C=O) groups excluding carboxylic acids is 1. The van der Waals surface area contributed by atoms with Crippen molar-refractivity contribution in [3.63, 3.8) is 0 Å². The number of anilines is 1. The fraction of sp³-hybridized carbons (Fsp3) is 0.118. The Balaban J connectivity index is 1.61. The van der Waals surface area contributed by atoms with Gasteiger partial charge in [0.05, 0.1) is 16.9 Å². The van der Waals surface area contributed by atoms with Crippen LogP contribution in [-0.4, -0.2) is 31.3 Å². The van der Waals surface area contributed by atoms with E-state index in [0.717, 1.165) is 5.56 Å². The summed E-state index contributed by atoms with van der Waals surface area (Å²) in [6, 6.07) is 12.4. The van der Waals surface area contributed by atoms with Crippen molar-refractivity contribution in [3.05, 3.63) is 54.4 Å². The van der Waals surface area contributed by atoms with Gasteiger partial charge in [0.15, 0.2) is 5.82 Å².